The van der Waals surface area contributed by atoms with Crippen molar-refractivity contribution in [1.29, 1.82) is 0 Å². The summed E-state index contributed by atoms with van der Waals surface area (Å²) < 4.78 is 34.7. The third-order valence-corrected chi connectivity index (χ3v) is 3.45. The fourth-order valence-corrected chi connectivity index (χ4v) is 2.37. The first-order chi connectivity index (χ1) is 10.5. The van der Waals surface area contributed by atoms with Crippen molar-refractivity contribution < 1.29 is 18.3 Å². The Morgan fingerprint density at radius 3 is 3.05 bits per heavy atom. The maximum atomic E-state index is 12.4. The van der Waals surface area contributed by atoms with E-state index in [1.54, 1.807) is 0 Å². The van der Waals surface area contributed by atoms with Crippen LogP contribution >= 0.6 is 11.6 Å². The largest absolute Gasteiger partial charge is 0.434 e. The van der Waals surface area contributed by atoms with Crippen LogP contribution < -0.4 is 10.5 Å². The monoisotopic (exact) mass is 333 g/mol. The second kappa shape index (κ2) is 7.60. The number of hydrogen-bond acceptors (Lipinski definition) is 3. The van der Waals surface area contributed by atoms with Crippen LogP contribution in [0.5, 0.6) is 5.75 Å². The van der Waals surface area contributed by atoms with Crippen LogP contribution in [0.15, 0.2) is 23.2 Å². The van der Waals surface area contributed by atoms with Crippen LogP contribution in [0.1, 0.15) is 12.5 Å². The van der Waals surface area contributed by atoms with Crippen molar-refractivity contribution >= 4 is 17.6 Å². The van der Waals surface area contributed by atoms with Crippen LogP contribution in [-0.4, -0.2) is 43.3 Å². The summed E-state index contributed by atoms with van der Waals surface area (Å²) >= 11 is 5.89. The molecule has 1 aromatic rings. The van der Waals surface area contributed by atoms with Gasteiger partial charge in [0.15, 0.2) is 5.96 Å². The molecule has 1 aliphatic rings. The number of aliphatic imine (C=N–C) groups is 1. The molecule has 1 aromatic carbocycles. The molecule has 5 nitrogen and oxygen atoms in total. The predicted octanol–water partition coefficient (Wildman–Crippen LogP) is 2.48. The molecule has 0 aromatic heterocycles. The number of morpholine rings is 1. The number of guanidine groups is 1. The Labute approximate surface area is 132 Å². The van der Waals surface area contributed by atoms with Gasteiger partial charge < -0.3 is 20.1 Å². The van der Waals surface area contributed by atoms with Crippen molar-refractivity contribution in [2.45, 2.75) is 26.2 Å². The van der Waals surface area contributed by atoms with Crippen molar-refractivity contribution in [2.75, 3.05) is 19.7 Å². The van der Waals surface area contributed by atoms with E-state index in [0.717, 1.165) is 0 Å². The van der Waals surface area contributed by atoms with E-state index in [1.165, 1.54) is 18.2 Å². The molecule has 0 spiro atoms. The number of nitrogens with two attached hydrogens (primary N) is 1. The van der Waals surface area contributed by atoms with Crippen molar-refractivity contribution in [3.63, 3.8) is 0 Å². The van der Waals surface area contributed by atoms with Gasteiger partial charge >= 0.3 is 6.61 Å². The maximum Gasteiger partial charge on any atom is 0.387 e. The number of alkyl halides is 2. The maximum absolute atomic E-state index is 12.4. The summed E-state index contributed by atoms with van der Waals surface area (Å²) in [7, 11) is 0. The molecule has 0 radical (unpaired) electrons. The molecule has 0 bridgehead atoms. The molecule has 8 heteroatoms. The molecule has 0 amide bonds. The predicted molar refractivity (Wildman–Crippen MR) is 80.4 cm³/mol. The van der Waals surface area contributed by atoms with Gasteiger partial charge in [-0.25, -0.2) is 4.99 Å². The highest BCUT2D eigenvalue weighted by Gasteiger charge is 2.18. The van der Waals surface area contributed by atoms with E-state index < -0.39 is 6.61 Å². The Balaban J connectivity index is 2.08. The molecule has 122 valence electrons. The Kier molecular flexibility index (Phi) is 5.79. The van der Waals surface area contributed by atoms with Gasteiger partial charge in [0.25, 0.3) is 0 Å². The summed E-state index contributed by atoms with van der Waals surface area (Å²) in [6.07, 6.45) is 0.0754. The number of ether oxygens (including phenoxy) is 2. The first-order valence-corrected chi connectivity index (χ1v) is 7.23. The highest BCUT2D eigenvalue weighted by atomic mass is 35.5. The summed E-state index contributed by atoms with van der Waals surface area (Å²) in [6.45, 7) is 1.03. The molecule has 1 fully saturated rings. The fraction of sp³-hybridized carbons (Fsp3) is 0.500. The minimum absolute atomic E-state index is 0.0475. The van der Waals surface area contributed by atoms with Gasteiger partial charge in [0.1, 0.15) is 5.75 Å². The molecule has 1 heterocycles. The summed E-state index contributed by atoms with van der Waals surface area (Å²) in [5, 5.41) is 0.422. The standard InChI is InChI=1S/C14H18ClF2N3O2/c1-9-8-20(4-5-21-9)14(18)19-7-10-6-11(15)2-3-12(10)22-13(16)17/h2-3,6,9,13H,4-5,7-8H2,1H3,(H2,18,19). The highest BCUT2D eigenvalue weighted by molar-refractivity contribution is 6.30. The average Bonchev–Trinajstić information content (AvgIpc) is 2.46. The lowest BCUT2D eigenvalue weighted by Gasteiger charge is -2.31. The molecule has 1 atom stereocenters. The van der Waals surface area contributed by atoms with Crippen molar-refractivity contribution in [3.05, 3.63) is 28.8 Å². The fourth-order valence-electron chi connectivity index (χ4n) is 2.18. The van der Waals surface area contributed by atoms with E-state index in [1.807, 2.05) is 11.8 Å². The van der Waals surface area contributed by atoms with E-state index in [9.17, 15) is 8.78 Å². The Bertz CT molecular complexity index is 543. The molecule has 1 saturated heterocycles. The van der Waals surface area contributed by atoms with Crippen LogP contribution in [-0.2, 0) is 11.3 Å². The SMILES string of the molecule is CC1CN(C(N)=NCc2cc(Cl)ccc2OC(F)F)CCO1. The van der Waals surface area contributed by atoms with Crippen LogP contribution in [0.2, 0.25) is 5.02 Å². The minimum atomic E-state index is -2.90. The van der Waals surface area contributed by atoms with Gasteiger partial charge in [-0.3, -0.25) is 0 Å². The Morgan fingerprint density at radius 2 is 2.36 bits per heavy atom. The van der Waals surface area contributed by atoms with E-state index in [2.05, 4.69) is 9.73 Å². The number of hydrogen-bond donors (Lipinski definition) is 1. The number of benzene rings is 1. The molecule has 0 aliphatic carbocycles. The van der Waals surface area contributed by atoms with Crippen LogP contribution in [0.25, 0.3) is 0 Å². The van der Waals surface area contributed by atoms with Gasteiger partial charge in [0.05, 0.1) is 19.3 Å². The summed E-state index contributed by atoms with van der Waals surface area (Å²) in [5.41, 5.74) is 6.40. The zero-order valence-corrected chi connectivity index (χ0v) is 12.9. The lowest BCUT2D eigenvalue weighted by molar-refractivity contribution is -0.0504. The topological polar surface area (TPSA) is 60.1 Å². The van der Waals surface area contributed by atoms with Gasteiger partial charge in [0, 0.05) is 23.7 Å². The number of rotatable bonds is 4. The van der Waals surface area contributed by atoms with Gasteiger partial charge in [-0.2, -0.15) is 8.78 Å². The smallest absolute Gasteiger partial charge is 0.387 e. The van der Waals surface area contributed by atoms with E-state index in [0.29, 0.717) is 36.2 Å². The van der Waals surface area contributed by atoms with Crippen LogP contribution in [0.3, 0.4) is 0 Å². The van der Waals surface area contributed by atoms with Crippen molar-refractivity contribution in [3.8, 4) is 5.75 Å². The van der Waals surface area contributed by atoms with E-state index in [4.69, 9.17) is 22.1 Å². The second-order valence-corrected chi connectivity index (χ2v) is 5.37. The third kappa shape index (κ3) is 4.71. The second-order valence-electron chi connectivity index (χ2n) is 4.93. The molecule has 0 saturated carbocycles. The summed E-state index contributed by atoms with van der Waals surface area (Å²) in [4.78, 5) is 6.14. The number of nitrogens with zero attached hydrogens (tertiary/aromatic N) is 2. The van der Waals surface area contributed by atoms with Crippen molar-refractivity contribution in [1.82, 2.24) is 4.90 Å². The molecular formula is C14H18ClF2N3O2. The Hall–Kier alpha value is -1.60. The van der Waals surface area contributed by atoms with Gasteiger partial charge in [-0.15, -0.1) is 0 Å². The summed E-state index contributed by atoms with van der Waals surface area (Å²) in [5.74, 6) is 0.393. The molecule has 1 unspecified atom stereocenters. The lowest BCUT2D eigenvalue weighted by atomic mass is 10.2. The molecule has 1 aliphatic heterocycles. The highest BCUT2D eigenvalue weighted by Crippen LogP contribution is 2.25. The quantitative estimate of drug-likeness (QED) is 0.679. The average molecular weight is 334 g/mol. The molecular weight excluding hydrogens is 316 g/mol. The van der Waals surface area contributed by atoms with Gasteiger partial charge in [0.2, 0.25) is 0 Å². The molecule has 22 heavy (non-hydrogen) atoms. The first-order valence-electron chi connectivity index (χ1n) is 6.85. The molecule has 2 rings (SSSR count). The van der Waals surface area contributed by atoms with Crippen LogP contribution in [0.4, 0.5) is 8.78 Å². The lowest BCUT2D eigenvalue weighted by Crippen LogP contribution is -2.47. The minimum Gasteiger partial charge on any atom is -0.434 e. The summed E-state index contributed by atoms with van der Waals surface area (Å²) in [6, 6.07) is 4.42. The first kappa shape index (κ1) is 16.8. The molecule has 2 N–H and O–H groups in total. The van der Waals surface area contributed by atoms with Crippen molar-refractivity contribution in [2.24, 2.45) is 10.7 Å². The van der Waals surface area contributed by atoms with Gasteiger partial charge in [-0.05, 0) is 25.1 Å². The zero-order valence-electron chi connectivity index (χ0n) is 12.1. The van der Waals surface area contributed by atoms with Crippen LogP contribution in [0, 0.1) is 0 Å². The zero-order chi connectivity index (χ0) is 16.1. The third-order valence-electron chi connectivity index (χ3n) is 3.22. The Morgan fingerprint density at radius 1 is 1.59 bits per heavy atom. The number of halogens is 3. The normalized spacial score (nSPS) is 19.6. The van der Waals surface area contributed by atoms with E-state index >= 15 is 0 Å². The van der Waals surface area contributed by atoms with Gasteiger partial charge in [-0.1, -0.05) is 11.6 Å². The van der Waals surface area contributed by atoms with E-state index in [-0.39, 0.29) is 18.4 Å².